The van der Waals surface area contributed by atoms with E-state index in [2.05, 4.69) is 21.3 Å². The molecule has 7 rings (SSSR count). The van der Waals surface area contributed by atoms with Crippen LogP contribution in [0.25, 0.3) is 0 Å². The Balaban J connectivity index is 0.967. The highest BCUT2D eigenvalue weighted by atomic mass is 16.2. The van der Waals surface area contributed by atoms with Crippen molar-refractivity contribution in [3.05, 3.63) is 94.0 Å². The monoisotopic (exact) mass is 620 g/mol. The van der Waals surface area contributed by atoms with E-state index in [1.54, 1.807) is 21.9 Å². The SMILES string of the molecule is O=C1CCC(N2Cc3c(NCc4ccc(CNc5cccc6c5CN(C5CCC(=O)NC5=O)C6=O)cc4)cccc3C2=O)C(=O)N1. The molecule has 0 bridgehead atoms. The number of anilines is 2. The summed E-state index contributed by atoms with van der Waals surface area (Å²) in [6, 6.07) is 17.8. The van der Waals surface area contributed by atoms with Crippen LogP contribution in [0.5, 0.6) is 0 Å². The maximum absolute atomic E-state index is 13.1. The molecule has 2 unspecified atom stereocenters. The highest BCUT2D eigenvalue weighted by Crippen LogP contribution is 2.34. The fourth-order valence-corrected chi connectivity index (χ4v) is 6.67. The first-order chi connectivity index (χ1) is 22.3. The fourth-order valence-electron chi connectivity index (χ4n) is 6.67. The first kappa shape index (κ1) is 29.2. The maximum atomic E-state index is 13.1. The summed E-state index contributed by atoms with van der Waals surface area (Å²) in [6.07, 6.45) is 1.06. The molecule has 0 saturated carbocycles. The molecule has 4 N–H and O–H groups in total. The molecule has 0 aromatic heterocycles. The molecule has 46 heavy (non-hydrogen) atoms. The second-order valence-electron chi connectivity index (χ2n) is 12.0. The molecule has 0 radical (unpaired) electrons. The summed E-state index contributed by atoms with van der Waals surface area (Å²) in [5.74, 6) is -1.90. The van der Waals surface area contributed by atoms with Crippen LogP contribution in [-0.4, -0.2) is 57.3 Å². The van der Waals surface area contributed by atoms with Gasteiger partial charge < -0.3 is 20.4 Å². The Hall–Kier alpha value is -5.52. The molecule has 6 amide bonds. The zero-order valence-corrected chi connectivity index (χ0v) is 24.9. The molecule has 3 aromatic rings. The van der Waals surface area contributed by atoms with E-state index in [0.29, 0.717) is 50.1 Å². The van der Waals surface area contributed by atoms with Gasteiger partial charge in [0.1, 0.15) is 12.1 Å². The Morgan fingerprint density at radius 1 is 0.587 bits per heavy atom. The quantitative estimate of drug-likeness (QED) is 0.280. The minimum atomic E-state index is -0.659. The molecule has 234 valence electrons. The highest BCUT2D eigenvalue weighted by Gasteiger charge is 2.41. The molecule has 4 heterocycles. The van der Waals surface area contributed by atoms with Crippen LogP contribution < -0.4 is 21.3 Å². The van der Waals surface area contributed by atoms with Crippen LogP contribution in [0, 0.1) is 0 Å². The van der Waals surface area contributed by atoms with Gasteiger partial charge in [0.25, 0.3) is 11.8 Å². The summed E-state index contributed by atoms with van der Waals surface area (Å²) < 4.78 is 0. The predicted molar refractivity (Wildman–Crippen MR) is 166 cm³/mol. The van der Waals surface area contributed by atoms with E-state index in [0.717, 1.165) is 33.6 Å². The summed E-state index contributed by atoms with van der Waals surface area (Å²) in [6.45, 7) is 1.66. The van der Waals surface area contributed by atoms with Crippen molar-refractivity contribution in [1.82, 2.24) is 20.4 Å². The molecule has 12 nitrogen and oxygen atoms in total. The van der Waals surface area contributed by atoms with Gasteiger partial charge in [0.15, 0.2) is 0 Å². The molecular weight excluding hydrogens is 588 g/mol. The predicted octanol–water partition coefficient (Wildman–Crippen LogP) is 2.43. The molecule has 12 heteroatoms. The average molecular weight is 621 g/mol. The van der Waals surface area contributed by atoms with Gasteiger partial charge in [-0.05, 0) is 48.2 Å². The van der Waals surface area contributed by atoms with Crippen molar-refractivity contribution in [1.29, 1.82) is 0 Å². The zero-order valence-electron chi connectivity index (χ0n) is 24.9. The van der Waals surface area contributed by atoms with Gasteiger partial charge >= 0.3 is 0 Å². The lowest BCUT2D eigenvalue weighted by atomic mass is 10.0. The van der Waals surface area contributed by atoms with Gasteiger partial charge in [-0.2, -0.15) is 0 Å². The number of fused-ring (bicyclic) bond motifs is 2. The summed E-state index contributed by atoms with van der Waals surface area (Å²) in [5, 5.41) is 11.5. The second kappa shape index (κ2) is 11.8. The van der Waals surface area contributed by atoms with E-state index in [1.807, 2.05) is 48.5 Å². The zero-order chi connectivity index (χ0) is 31.9. The van der Waals surface area contributed by atoms with Gasteiger partial charge in [-0.15, -0.1) is 0 Å². The summed E-state index contributed by atoms with van der Waals surface area (Å²) in [7, 11) is 0. The smallest absolute Gasteiger partial charge is 0.255 e. The topological polar surface area (TPSA) is 157 Å². The van der Waals surface area contributed by atoms with Crippen molar-refractivity contribution >= 4 is 46.8 Å². The first-order valence-corrected chi connectivity index (χ1v) is 15.4. The van der Waals surface area contributed by atoms with Gasteiger partial charge in [0.05, 0.1) is 0 Å². The fraction of sp³-hybridized carbons (Fsp3) is 0.294. The van der Waals surface area contributed by atoms with Gasteiger partial charge in [-0.1, -0.05) is 36.4 Å². The first-order valence-electron chi connectivity index (χ1n) is 15.4. The molecule has 3 aromatic carbocycles. The van der Waals surface area contributed by atoms with Crippen molar-refractivity contribution in [2.45, 2.75) is 63.9 Å². The third kappa shape index (κ3) is 5.35. The van der Waals surface area contributed by atoms with Gasteiger partial charge in [-0.25, -0.2) is 0 Å². The van der Waals surface area contributed by atoms with Crippen molar-refractivity contribution in [2.75, 3.05) is 10.6 Å². The Bertz CT molecular complexity index is 1670. The number of imide groups is 2. The number of nitrogens with zero attached hydrogens (tertiary/aromatic N) is 2. The van der Waals surface area contributed by atoms with Gasteiger partial charge in [-0.3, -0.25) is 39.4 Å². The Morgan fingerprint density at radius 3 is 1.39 bits per heavy atom. The maximum Gasteiger partial charge on any atom is 0.255 e. The van der Waals surface area contributed by atoms with Crippen molar-refractivity contribution in [3.8, 4) is 0 Å². The number of nitrogens with one attached hydrogen (secondary N) is 4. The van der Waals surface area contributed by atoms with Crippen LogP contribution in [0.15, 0.2) is 60.7 Å². The summed E-state index contributed by atoms with van der Waals surface area (Å²) in [5.41, 5.74) is 6.52. The summed E-state index contributed by atoms with van der Waals surface area (Å²) >= 11 is 0. The van der Waals surface area contributed by atoms with Crippen LogP contribution in [-0.2, 0) is 45.4 Å². The number of amides is 6. The second-order valence-corrected chi connectivity index (χ2v) is 12.0. The van der Waals surface area contributed by atoms with E-state index in [1.165, 1.54) is 0 Å². The minimum absolute atomic E-state index is 0.206. The Kier molecular flexibility index (Phi) is 7.47. The number of piperidine rings is 2. The van der Waals surface area contributed by atoms with Crippen LogP contribution in [0.4, 0.5) is 11.4 Å². The lowest BCUT2D eigenvalue weighted by molar-refractivity contribution is -0.138. The van der Waals surface area contributed by atoms with Crippen molar-refractivity contribution < 1.29 is 28.8 Å². The number of benzene rings is 3. The number of carbonyl (C=O) groups is 6. The molecule has 2 fully saturated rings. The van der Waals surface area contributed by atoms with Crippen LogP contribution >= 0.6 is 0 Å². The van der Waals surface area contributed by atoms with E-state index in [-0.39, 0.29) is 36.5 Å². The summed E-state index contributed by atoms with van der Waals surface area (Å²) in [4.78, 5) is 77.3. The minimum Gasteiger partial charge on any atom is -0.381 e. The van der Waals surface area contributed by atoms with Crippen molar-refractivity contribution in [3.63, 3.8) is 0 Å². The molecule has 0 spiro atoms. The van der Waals surface area contributed by atoms with Crippen LogP contribution in [0.3, 0.4) is 0 Å². The highest BCUT2D eigenvalue weighted by molar-refractivity contribution is 6.07. The third-order valence-corrected chi connectivity index (χ3v) is 9.15. The Labute approximate surface area is 264 Å². The van der Waals surface area contributed by atoms with E-state index < -0.39 is 23.9 Å². The molecule has 2 atom stereocenters. The average Bonchev–Trinajstić information content (AvgIpc) is 3.56. The molecule has 4 aliphatic heterocycles. The Morgan fingerprint density at radius 2 is 1.00 bits per heavy atom. The van der Waals surface area contributed by atoms with E-state index in [9.17, 15) is 28.8 Å². The van der Waals surface area contributed by atoms with Gasteiger partial charge in [0.2, 0.25) is 23.6 Å². The molecule has 0 aliphatic carbocycles. The van der Waals surface area contributed by atoms with Crippen LogP contribution in [0.1, 0.15) is 68.7 Å². The largest absolute Gasteiger partial charge is 0.381 e. The number of rotatable bonds is 8. The standard InChI is InChI=1S/C34H32N6O6/c41-29-13-11-27(31(43)37-29)39-17-23-21(33(39)45)3-1-5-25(23)35-15-19-7-9-20(10-8-19)16-36-26-6-2-4-22-24(26)18-40(34(22)46)28-12-14-30(42)38-32(28)44/h1-10,27-28,35-36H,11-18H2,(H,37,41,43)(H,38,42,44). The third-order valence-electron chi connectivity index (χ3n) is 9.15. The number of carbonyl (C=O) groups excluding carboxylic acids is 6. The normalized spacial score (nSPS) is 20.8. The van der Waals surface area contributed by atoms with Crippen LogP contribution in [0.2, 0.25) is 0 Å². The molecule has 4 aliphatic rings. The van der Waals surface area contributed by atoms with Crippen molar-refractivity contribution in [2.24, 2.45) is 0 Å². The number of hydrogen-bond acceptors (Lipinski definition) is 8. The lowest BCUT2D eigenvalue weighted by Gasteiger charge is -2.29. The lowest BCUT2D eigenvalue weighted by Crippen LogP contribution is -2.52. The molecule has 2 saturated heterocycles. The van der Waals surface area contributed by atoms with E-state index >= 15 is 0 Å². The molecular formula is C34H32N6O6. The number of hydrogen-bond donors (Lipinski definition) is 4. The van der Waals surface area contributed by atoms with E-state index in [4.69, 9.17) is 0 Å². The van der Waals surface area contributed by atoms with Gasteiger partial charge in [0, 0.05) is 72.6 Å².